The maximum Gasteiger partial charge on any atom is 0.319 e. The molecule has 1 atom stereocenters. The van der Waals surface area contributed by atoms with Crippen molar-refractivity contribution in [2.45, 2.75) is 12.5 Å². The summed E-state index contributed by atoms with van der Waals surface area (Å²) in [7, 11) is 0. The second-order valence-corrected chi connectivity index (χ2v) is 5.39. The Balaban J connectivity index is 1.62. The fraction of sp³-hybridized carbons (Fsp3) is 0.176. The molecule has 5 nitrogen and oxygen atoms in total. The molecule has 0 radical (unpaired) electrons. The third-order valence-corrected chi connectivity index (χ3v) is 3.76. The molecule has 3 rings (SSSR count). The predicted molar refractivity (Wildman–Crippen MR) is 85.7 cm³/mol. The molecule has 1 heterocycles. The lowest BCUT2D eigenvalue weighted by Crippen LogP contribution is -2.43. The van der Waals surface area contributed by atoms with Crippen LogP contribution in [0.4, 0.5) is 25.0 Å². The van der Waals surface area contributed by atoms with Crippen molar-refractivity contribution in [3.63, 3.8) is 0 Å². The van der Waals surface area contributed by atoms with Crippen LogP contribution in [0, 0.1) is 11.6 Å². The van der Waals surface area contributed by atoms with Gasteiger partial charge in [-0.1, -0.05) is 18.2 Å². The molecule has 0 unspecified atom stereocenters. The van der Waals surface area contributed by atoms with Crippen LogP contribution >= 0.6 is 0 Å². The number of nitrogens with zero attached hydrogens (tertiary/aromatic N) is 1. The smallest absolute Gasteiger partial charge is 0.319 e. The van der Waals surface area contributed by atoms with Crippen molar-refractivity contribution in [3.8, 4) is 0 Å². The number of carbonyl (C=O) groups is 2. The molecule has 0 aromatic heterocycles. The fourth-order valence-electron chi connectivity index (χ4n) is 2.59. The number of hydrogen-bond acceptors (Lipinski definition) is 2. The Labute approximate surface area is 137 Å². The summed E-state index contributed by atoms with van der Waals surface area (Å²) in [5, 5.41) is 4.79. The van der Waals surface area contributed by atoms with Gasteiger partial charge in [-0.15, -0.1) is 0 Å². The van der Waals surface area contributed by atoms with Gasteiger partial charge in [0.2, 0.25) is 5.91 Å². The van der Waals surface area contributed by atoms with E-state index >= 15 is 0 Å². The molecule has 24 heavy (non-hydrogen) atoms. The molecular formula is C17H15F2N3O2. The van der Waals surface area contributed by atoms with E-state index in [9.17, 15) is 18.4 Å². The van der Waals surface area contributed by atoms with Crippen LogP contribution in [0.25, 0.3) is 0 Å². The molecule has 0 aliphatic carbocycles. The Morgan fingerprint density at radius 2 is 1.88 bits per heavy atom. The van der Waals surface area contributed by atoms with Crippen LogP contribution in [0.2, 0.25) is 0 Å². The van der Waals surface area contributed by atoms with Crippen LogP contribution in [0.5, 0.6) is 0 Å². The second-order valence-electron chi connectivity index (χ2n) is 5.39. The van der Waals surface area contributed by atoms with Crippen molar-refractivity contribution < 1.29 is 18.4 Å². The lowest BCUT2D eigenvalue weighted by molar-refractivity contribution is -0.118. The van der Waals surface area contributed by atoms with Crippen LogP contribution in [0.15, 0.2) is 48.5 Å². The van der Waals surface area contributed by atoms with Gasteiger partial charge in [0.15, 0.2) is 0 Å². The highest BCUT2D eigenvalue weighted by Gasteiger charge is 2.33. The molecule has 1 aliphatic heterocycles. The lowest BCUT2D eigenvalue weighted by Gasteiger charge is -2.17. The zero-order valence-corrected chi connectivity index (χ0v) is 12.6. The first-order valence-electron chi connectivity index (χ1n) is 7.43. The lowest BCUT2D eigenvalue weighted by atomic mass is 10.2. The second kappa shape index (κ2) is 6.66. The topological polar surface area (TPSA) is 61.4 Å². The fourth-order valence-corrected chi connectivity index (χ4v) is 2.59. The van der Waals surface area contributed by atoms with E-state index < -0.39 is 23.7 Å². The van der Waals surface area contributed by atoms with Gasteiger partial charge in [-0.2, -0.15) is 0 Å². The van der Waals surface area contributed by atoms with E-state index in [0.29, 0.717) is 19.0 Å². The maximum atomic E-state index is 13.5. The van der Waals surface area contributed by atoms with Crippen LogP contribution in [0.1, 0.15) is 6.42 Å². The van der Waals surface area contributed by atoms with Gasteiger partial charge in [-0.25, -0.2) is 13.6 Å². The summed E-state index contributed by atoms with van der Waals surface area (Å²) in [4.78, 5) is 25.9. The van der Waals surface area contributed by atoms with E-state index in [1.807, 2.05) is 30.3 Å². The van der Waals surface area contributed by atoms with E-state index in [0.717, 1.165) is 17.8 Å². The average Bonchev–Trinajstić information content (AvgIpc) is 2.92. The molecule has 0 bridgehead atoms. The van der Waals surface area contributed by atoms with E-state index in [2.05, 4.69) is 10.6 Å². The van der Waals surface area contributed by atoms with Crippen LogP contribution in [-0.4, -0.2) is 24.5 Å². The van der Waals surface area contributed by atoms with Gasteiger partial charge in [0, 0.05) is 18.3 Å². The van der Waals surface area contributed by atoms with Gasteiger partial charge in [0.25, 0.3) is 0 Å². The molecule has 0 spiro atoms. The minimum Gasteiger partial charge on any atom is -0.326 e. The monoisotopic (exact) mass is 331 g/mol. The molecule has 1 aliphatic rings. The molecule has 1 fully saturated rings. The molecule has 7 heteroatoms. The van der Waals surface area contributed by atoms with E-state index in [4.69, 9.17) is 0 Å². The van der Waals surface area contributed by atoms with Gasteiger partial charge in [0.05, 0.1) is 5.69 Å². The molecular weight excluding hydrogens is 316 g/mol. The van der Waals surface area contributed by atoms with E-state index in [-0.39, 0.29) is 11.6 Å². The highest BCUT2D eigenvalue weighted by molar-refractivity contribution is 6.02. The summed E-state index contributed by atoms with van der Waals surface area (Å²) in [6.45, 7) is 0.485. The van der Waals surface area contributed by atoms with Crippen molar-refractivity contribution in [1.29, 1.82) is 0 Å². The molecule has 0 saturated carbocycles. The maximum absolute atomic E-state index is 13.5. The van der Waals surface area contributed by atoms with Gasteiger partial charge < -0.3 is 15.5 Å². The van der Waals surface area contributed by atoms with Crippen LogP contribution in [0.3, 0.4) is 0 Å². The van der Waals surface area contributed by atoms with Crippen molar-refractivity contribution in [2.75, 3.05) is 16.8 Å². The summed E-state index contributed by atoms with van der Waals surface area (Å²) in [6, 6.07) is 10.6. The first-order valence-corrected chi connectivity index (χ1v) is 7.43. The number of urea groups is 1. The zero-order valence-electron chi connectivity index (χ0n) is 12.6. The Hall–Kier alpha value is -2.96. The first-order chi connectivity index (χ1) is 11.5. The zero-order chi connectivity index (χ0) is 17.1. The summed E-state index contributed by atoms with van der Waals surface area (Å²) in [5.41, 5.74) is 0.607. The quantitative estimate of drug-likeness (QED) is 0.908. The third kappa shape index (κ3) is 3.34. The average molecular weight is 331 g/mol. The summed E-state index contributed by atoms with van der Waals surface area (Å²) >= 11 is 0. The number of halogens is 2. The number of nitrogens with one attached hydrogen (secondary N) is 2. The number of carbonyl (C=O) groups excluding carboxylic acids is 2. The van der Waals surface area contributed by atoms with Gasteiger partial charge in [-0.05, 0) is 30.7 Å². The number of hydrogen-bond donors (Lipinski definition) is 2. The first kappa shape index (κ1) is 15.9. The number of para-hydroxylation sites is 1. The Morgan fingerprint density at radius 3 is 2.58 bits per heavy atom. The molecule has 1 saturated heterocycles. The number of benzene rings is 2. The van der Waals surface area contributed by atoms with E-state index in [1.165, 1.54) is 0 Å². The standard InChI is InChI=1S/C17H15F2N3O2/c18-11-6-7-14(13(19)10-11)20-17(24)21-15-8-9-22(16(15)23)12-4-2-1-3-5-12/h1-7,10,15H,8-9H2,(H2,20,21,24)/t15-/m1/s1. The van der Waals surface area contributed by atoms with Crippen molar-refractivity contribution in [1.82, 2.24) is 5.32 Å². The highest BCUT2D eigenvalue weighted by Crippen LogP contribution is 2.21. The third-order valence-electron chi connectivity index (χ3n) is 3.76. The molecule has 124 valence electrons. The SMILES string of the molecule is O=C(Nc1ccc(F)cc1F)N[C@@H]1CCN(c2ccccc2)C1=O. The molecule has 2 aromatic rings. The largest absolute Gasteiger partial charge is 0.326 e. The highest BCUT2D eigenvalue weighted by atomic mass is 19.1. The summed E-state index contributed by atoms with van der Waals surface area (Å²) in [5.74, 6) is -1.84. The number of amides is 3. The molecule has 3 amide bonds. The van der Waals surface area contributed by atoms with Gasteiger partial charge in [0.1, 0.15) is 17.7 Å². The van der Waals surface area contributed by atoms with Crippen LogP contribution in [-0.2, 0) is 4.79 Å². The molecule has 2 N–H and O–H groups in total. The van der Waals surface area contributed by atoms with Crippen molar-refractivity contribution >= 4 is 23.3 Å². The number of rotatable bonds is 3. The van der Waals surface area contributed by atoms with Gasteiger partial charge in [-0.3, -0.25) is 4.79 Å². The van der Waals surface area contributed by atoms with Crippen LogP contribution < -0.4 is 15.5 Å². The molecule has 2 aromatic carbocycles. The summed E-state index contributed by atoms with van der Waals surface area (Å²) in [6.07, 6.45) is 0.451. The Kier molecular flexibility index (Phi) is 4.41. The van der Waals surface area contributed by atoms with Crippen molar-refractivity contribution in [3.05, 3.63) is 60.2 Å². The summed E-state index contributed by atoms with van der Waals surface area (Å²) < 4.78 is 26.4. The predicted octanol–water partition coefficient (Wildman–Crippen LogP) is 2.89. The minimum absolute atomic E-state index is 0.153. The van der Waals surface area contributed by atoms with Crippen molar-refractivity contribution in [2.24, 2.45) is 0 Å². The number of anilines is 2. The Morgan fingerprint density at radius 1 is 1.12 bits per heavy atom. The Bertz CT molecular complexity index is 768. The van der Waals surface area contributed by atoms with Gasteiger partial charge >= 0.3 is 6.03 Å². The minimum atomic E-state index is -0.881. The normalized spacial score (nSPS) is 17.0. The van der Waals surface area contributed by atoms with E-state index in [1.54, 1.807) is 4.90 Å².